The van der Waals surface area contributed by atoms with Gasteiger partial charge in [-0.1, -0.05) is 6.07 Å². The summed E-state index contributed by atoms with van der Waals surface area (Å²) < 4.78 is 5.50. The van der Waals surface area contributed by atoms with Crippen molar-refractivity contribution >= 4 is 17.4 Å². The molecule has 1 unspecified atom stereocenters. The Bertz CT molecular complexity index is 416. The first-order valence-corrected chi connectivity index (χ1v) is 6.14. The average Bonchev–Trinajstić information content (AvgIpc) is 2.81. The number of rotatable bonds is 3. The molecule has 2 rings (SSSR count). The number of carbonyl (C=O) groups excluding carboxylic acids is 1. The number of nitrogens with one attached hydrogen (secondary N) is 1. The van der Waals surface area contributed by atoms with Crippen LogP contribution in [-0.4, -0.2) is 37.2 Å². The predicted molar refractivity (Wildman–Crippen MR) is 71.5 cm³/mol. The minimum Gasteiger partial charge on any atom is -0.399 e. The third kappa shape index (κ3) is 3.37. The molecule has 0 spiro atoms. The maximum absolute atomic E-state index is 11.9. The summed E-state index contributed by atoms with van der Waals surface area (Å²) in [6.45, 7) is 1.42. The first-order valence-electron chi connectivity index (χ1n) is 6.14. The van der Waals surface area contributed by atoms with Crippen LogP contribution in [0.25, 0.3) is 0 Å². The summed E-state index contributed by atoms with van der Waals surface area (Å²) in [6, 6.07) is 7.00. The number of nitrogen functional groups attached to an aromatic ring is 1. The van der Waals surface area contributed by atoms with E-state index in [9.17, 15) is 4.79 Å². The van der Waals surface area contributed by atoms with Crippen molar-refractivity contribution in [1.29, 1.82) is 0 Å². The van der Waals surface area contributed by atoms with Gasteiger partial charge in [-0.15, -0.1) is 0 Å². The van der Waals surface area contributed by atoms with Crippen molar-refractivity contribution in [2.45, 2.75) is 18.9 Å². The van der Waals surface area contributed by atoms with Crippen molar-refractivity contribution in [3.05, 3.63) is 24.3 Å². The topological polar surface area (TPSA) is 67.6 Å². The highest BCUT2D eigenvalue weighted by Crippen LogP contribution is 2.15. The smallest absolute Gasteiger partial charge is 0.321 e. The Morgan fingerprint density at radius 1 is 1.61 bits per heavy atom. The molecule has 18 heavy (non-hydrogen) atoms. The van der Waals surface area contributed by atoms with Gasteiger partial charge in [-0.25, -0.2) is 4.79 Å². The summed E-state index contributed by atoms with van der Waals surface area (Å²) in [5, 5.41) is 2.81. The van der Waals surface area contributed by atoms with Crippen LogP contribution in [0.3, 0.4) is 0 Å². The van der Waals surface area contributed by atoms with Crippen LogP contribution in [0.5, 0.6) is 0 Å². The monoisotopic (exact) mass is 249 g/mol. The van der Waals surface area contributed by atoms with Crippen LogP contribution < -0.4 is 11.1 Å². The fourth-order valence-corrected chi connectivity index (χ4v) is 2.01. The summed E-state index contributed by atoms with van der Waals surface area (Å²) >= 11 is 0. The number of nitrogens with zero attached hydrogens (tertiary/aromatic N) is 1. The molecule has 5 heteroatoms. The highest BCUT2D eigenvalue weighted by atomic mass is 16.5. The Balaban J connectivity index is 1.86. The summed E-state index contributed by atoms with van der Waals surface area (Å²) in [7, 11) is 1.77. The van der Waals surface area contributed by atoms with Crippen LogP contribution in [0.4, 0.5) is 16.2 Å². The van der Waals surface area contributed by atoms with Crippen LogP contribution in [0.2, 0.25) is 0 Å². The maximum atomic E-state index is 11.9. The fourth-order valence-electron chi connectivity index (χ4n) is 2.01. The van der Waals surface area contributed by atoms with Gasteiger partial charge in [0.2, 0.25) is 0 Å². The molecule has 0 aromatic heterocycles. The van der Waals surface area contributed by atoms with E-state index < -0.39 is 0 Å². The second kappa shape index (κ2) is 5.73. The molecule has 2 amide bonds. The number of hydrogen-bond acceptors (Lipinski definition) is 3. The number of ether oxygens (including phenoxy) is 1. The lowest BCUT2D eigenvalue weighted by Crippen LogP contribution is -2.37. The molecule has 1 aliphatic heterocycles. The molecule has 0 radical (unpaired) electrons. The van der Waals surface area contributed by atoms with E-state index in [4.69, 9.17) is 10.5 Å². The van der Waals surface area contributed by atoms with Gasteiger partial charge in [-0.2, -0.15) is 0 Å². The van der Waals surface area contributed by atoms with Gasteiger partial charge in [-0.05, 0) is 31.0 Å². The predicted octanol–water partition coefficient (Wildman–Crippen LogP) is 1.91. The number of urea groups is 1. The number of anilines is 2. The lowest BCUT2D eigenvalue weighted by molar-refractivity contribution is 0.0894. The molecule has 1 heterocycles. The van der Waals surface area contributed by atoms with Gasteiger partial charge < -0.3 is 20.7 Å². The zero-order valence-electron chi connectivity index (χ0n) is 10.6. The van der Waals surface area contributed by atoms with E-state index in [0.29, 0.717) is 17.9 Å². The lowest BCUT2D eigenvalue weighted by Gasteiger charge is -2.21. The number of nitrogens with two attached hydrogens (primary N) is 1. The van der Waals surface area contributed by atoms with E-state index >= 15 is 0 Å². The summed E-state index contributed by atoms with van der Waals surface area (Å²) in [5.41, 5.74) is 7.00. The van der Waals surface area contributed by atoms with E-state index in [1.165, 1.54) is 0 Å². The third-order valence-corrected chi connectivity index (χ3v) is 2.99. The Kier molecular flexibility index (Phi) is 4.04. The first-order chi connectivity index (χ1) is 8.65. The van der Waals surface area contributed by atoms with Gasteiger partial charge in [0.05, 0.1) is 6.10 Å². The molecule has 0 bridgehead atoms. The minimum atomic E-state index is -0.142. The van der Waals surface area contributed by atoms with Crippen molar-refractivity contribution in [2.24, 2.45) is 0 Å². The van der Waals surface area contributed by atoms with E-state index in [1.54, 1.807) is 24.1 Å². The summed E-state index contributed by atoms with van der Waals surface area (Å²) in [5.74, 6) is 0. The standard InChI is InChI=1S/C13H19N3O2/c1-16(9-12-6-3-7-18-12)13(17)15-11-5-2-4-10(14)8-11/h2,4-5,8,12H,3,6-7,9,14H2,1H3,(H,15,17). The highest BCUT2D eigenvalue weighted by molar-refractivity contribution is 5.89. The molecule has 1 atom stereocenters. The van der Waals surface area contributed by atoms with Crippen LogP contribution in [0.15, 0.2) is 24.3 Å². The van der Waals surface area contributed by atoms with Gasteiger partial charge in [-0.3, -0.25) is 0 Å². The van der Waals surface area contributed by atoms with Crippen molar-refractivity contribution < 1.29 is 9.53 Å². The molecular formula is C13H19N3O2. The van der Waals surface area contributed by atoms with E-state index in [0.717, 1.165) is 19.4 Å². The van der Waals surface area contributed by atoms with Gasteiger partial charge in [0.15, 0.2) is 0 Å². The number of benzene rings is 1. The van der Waals surface area contributed by atoms with Crippen molar-refractivity contribution in [2.75, 3.05) is 31.2 Å². The van der Waals surface area contributed by atoms with Crippen LogP contribution in [-0.2, 0) is 4.74 Å². The number of amides is 2. The van der Waals surface area contributed by atoms with Crippen molar-refractivity contribution in [3.63, 3.8) is 0 Å². The second-order valence-electron chi connectivity index (χ2n) is 4.57. The fraction of sp³-hybridized carbons (Fsp3) is 0.462. The number of likely N-dealkylation sites (N-methyl/N-ethyl adjacent to an activating group) is 1. The van der Waals surface area contributed by atoms with Crippen molar-refractivity contribution in [3.8, 4) is 0 Å². The molecule has 0 saturated carbocycles. The summed E-state index contributed by atoms with van der Waals surface area (Å²) in [4.78, 5) is 13.6. The van der Waals surface area contributed by atoms with E-state index in [1.807, 2.05) is 12.1 Å². The van der Waals surface area contributed by atoms with E-state index in [-0.39, 0.29) is 12.1 Å². The zero-order valence-corrected chi connectivity index (χ0v) is 10.6. The second-order valence-corrected chi connectivity index (χ2v) is 4.57. The Morgan fingerprint density at radius 3 is 3.11 bits per heavy atom. The molecule has 98 valence electrons. The Hall–Kier alpha value is -1.75. The number of carbonyl (C=O) groups is 1. The molecular weight excluding hydrogens is 230 g/mol. The minimum absolute atomic E-state index is 0.142. The molecule has 3 N–H and O–H groups in total. The molecule has 1 fully saturated rings. The van der Waals surface area contributed by atoms with Crippen LogP contribution in [0, 0.1) is 0 Å². The van der Waals surface area contributed by atoms with Gasteiger partial charge >= 0.3 is 6.03 Å². The first kappa shape index (κ1) is 12.7. The van der Waals surface area contributed by atoms with E-state index in [2.05, 4.69) is 5.32 Å². The molecule has 1 aromatic carbocycles. The van der Waals surface area contributed by atoms with Crippen LogP contribution >= 0.6 is 0 Å². The Labute approximate surface area is 107 Å². The van der Waals surface area contributed by atoms with Gasteiger partial charge in [0.1, 0.15) is 0 Å². The van der Waals surface area contributed by atoms with Crippen molar-refractivity contribution in [1.82, 2.24) is 4.90 Å². The molecule has 1 aliphatic rings. The van der Waals surface area contributed by atoms with Gasteiger partial charge in [0.25, 0.3) is 0 Å². The molecule has 1 saturated heterocycles. The quantitative estimate of drug-likeness (QED) is 0.804. The van der Waals surface area contributed by atoms with Crippen LogP contribution in [0.1, 0.15) is 12.8 Å². The SMILES string of the molecule is CN(CC1CCCO1)C(=O)Nc1cccc(N)c1. The lowest BCUT2D eigenvalue weighted by atomic mass is 10.2. The maximum Gasteiger partial charge on any atom is 0.321 e. The Morgan fingerprint density at radius 2 is 2.44 bits per heavy atom. The molecule has 0 aliphatic carbocycles. The normalized spacial score (nSPS) is 18.6. The summed E-state index contributed by atoms with van der Waals surface area (Å²) in [6.07, 6.45) is 2.27. The molecule has 5 nitrogen and oxygen atoms in total. The number of hydrogen-bond donors (Lipinski definition) is 2. The third-order valence-electron chi connectivity index (χ3n) is 2.99. The average molecular weight is 249 g/mol. The molecule has 1 aromatic rings. The highest BCUT2D eigenvalue weighted by Gasteiger charge is 2.19. The zero-order chi connectivity index (χ0) is 13.0. The largest absolute Gasteiger partial charge is 0.399 e. The van der Waals surface area contributed by atoms with Gasteiger partial charge in [0, 0.05) is 31.6 Å².